The molecule has 1 atom stereocenters. The van der Waals surface area contributed by atoms with Crippen LogP contribution in [0.2, 0.25) is 5.28 Å². The van der Waals surface area contributed by atoms with Crippen molar-refractivity contribution in [2.24, 2.45) is 0 Å². The van der Waals surface area contributed by atoms with Crippen LogP contribution in [0.3, 0.4) is 0 Å². The molecule has 0 bridgehead atoms. The van der Waals surface area contributed by atoms with Crippen LogP contribution in [0, 0.1) is 0 Å². The van der Waals surface area contributed by atoms with E-state index in [1.807, 2.05) is 41.8 Å². The minimum Gasteiger partial charge on any atom is -0.364 e. The molecule has 1 N–H and O–H groups in total. The number of anilines is 1. The maximum atomic E-state index is 6.04. The molecule has 0 unspecified atom stereocenters. The van der Waals surface area contributed by atoms with Crippen LogP contribution in [0.25, 0.3) is 11.2 Å². The van der Waals surface area contributed by atoms with Gasteiger partial charge in [0, 0.05) is 13.7 Å². The highest BCUT2D eigenvalue weighted by atomic mass is 35.5. The lowest BCUT2D eigenvalue weighted by Gasteiger charge is -2.12. The summed E-state index contributed by atoms with van der Waals surface area (Å²) in [5.74, 6) is 0.612. The number of methoxy groups -OCH3 is 1. The molecule has 6 nitrogen and oxygen atoms in total. The van der Waals surface area contributed by atoms with Crippen LogP contribution in [-0.4, -0.2) is 26.6 Å². The number of ether oxygens (including phenoxy) is 1. The van der Waals surface area contributed by atoms with E-state index < -0.39 is 0 Å². The zero-order valence-corrected chi connectivity index (χ0v) is 13.1. The van der Waals surface area contributed by atoms with Crippen LogP contribution in [0.1, 0.15) is 18.7 Å². The monoisotopic (exact) mass is 317 g/mol. The van der Waals surface area contributed by atoms with Crippen molar-refractivity contribution in [3.63, 3.8) is 0 Å². The fraction of sp³-hybridized carbons (Fsp3) is 0.267. The second-order valence-corrected chi connectivity index (χ2v) is 5.18. The summed E-state index contributed by atoms with van der Waals surface area (Å²) >= 11 is 6.04. The fourth-order valence-corrected chi connectivity index (χ4v) is 2.34. The molecular weight excluding hydrogens is 302 g/mol. The van der Waals surface area contributed by atoms with E-state index in [1.165, 1.54) is 0 Å². The third-order valence-corrected chi connectivity index (χ3v) is 3.60. The molecule has 0 saturated carbocycles. The zero-order valence-electron chi connectivity index (χ0n) is 12.3. The molecule has 7 heteroatoms. The van der Waals surface area contributed by atoms with E-state index in [-0.39, 0.29) is 11.5 Å². The number of fused-ring (bicyclic) bond motifs is 1. The van der Waals surface area contributed by atoms with Crippen LogP contribution < -0.4 is 5.32 Å². The van der Waals surface area contributed by atoms with Gasteiger partial charge >= 0.3 is 0 Å². The van der Waals surface area contributed by atoms with Gasteiger partial charge in [0.25, 0.3) is 0 Å². The van der Waals surface area contributed by atoms with Crippen molar-refractivity contribution in [1.82, 2.24) is 19.5 Å². The molecule has 2 heterocycles. The molecule has 1 aromatic carbocycles. The van der Waals surface area contributed by atoms with Gasteiger partial charge in [-0.1, -0.05) is 30.3 Å². The van der Waals surface area contributed by atoms with Crippen LogP contribution >= 0.6 is 11.6 Å². The number of imidazole rings is 1. The average molecular weight is 318 g/mol. The van der Waals surface area contributed by atoms with E-state index in [1.54, 1.807) is 13.4 Å². The van der Waals surface area contributed by atoms with Crippen molar-refractivity contribution in [3.8, 4) is 0 Å². The lowest BCUT2D eigenvalue weighted by Crippen LogP contribution is -2.08. The highest BCUT2D eigenvalue weighted by Crippen LogP contribution is 2.24. The summed E-state index contributed by atoms with van der Waals surface area (Å²) in [5, 5.41) is 3.44. The van der Waals surface area contributed by atoms with Crippen molar-refractivity contribution >= 4 is 28.6 Å². The maximum Gasteiger partial charge on any atom is 0.226 e. The van der Waals surface area contributed by atoms with Crippen LogP contribution in [0.5, 0.6) is 0 Å². The number of hydrogen-bond acceptors (Lipinski definition) is 5. The Labute approximate surface area is 133 Å². The van der Waals surface area contributed by atoms with Gasteiger partial charge in [0.15, 0.2) is 17.0 Å². The number of nitrogens with one attached hydrogen (secondary N) is 1. The Balaban J connectivity index is 1.94. The molecule has 114 valence electrons. The summed E-state index contributed by atoms with van der Waals surface area (Å²) < 4.78 is 7.13. The smallest absolute Gasteiger partial charge is 0.226 e. The maximum absolute atomic E-state index is 6.04. The van der Waals surface area contributed by atoms with Gasteiger partial charge in [-0.05, 0) is 24.1 Å². The van der Waals surface area contributed by atoms with E-state index >= 15 is 0 Å². The average Bonchev–Trinajstić information content (AvgIpc) is 2.96. The molecule has 0 fully saturated rings. The molecule has 0 aliphatic heterocycles. The fourth-order valence-electron chi connectivity index (χ4n) is 2.17. The summed E-state index contributed by atoms with van der Waals surface area (Å²) in [6.07, 6.45) is 1.50. The second kappa shape index (κ2) is 6.29. The Morgan fingerprint density at radius 3 is 2.77 bits per heavy atom. The highest BCUT2D eigenvalue weighted by Gasteiger charge is 2.15. The summed E-state index contributed by atoms with van der Waals surface area (Å²) in [6, 6.07) is 10.1. The minimum atomic E-state index is -0.182. The first kappa shape index (κ1) is 14.7. The quantitative estimate of drug-likeness (QED) is 0.732. The minimum absolute atomic E-state index is 0.174. The summed E-state index contributed by atoms with van der Waals surface area (Å²) in [4.78, 5) is 12.9. The highest BCUT2D eigenvalue weighted by molar-refractivity contribution is 6.28. The zero-order chi connectivity index (χ0) is 15.5. The SMILES string of the molecule is CO[C@H](C)n1cnc2c(NCc3ccccc3)nc(Cl)nc21. The molecule has 0 aliphatic rings. The van der Waals surface area contributed by atoms with Gasteiger partial charge in [-0.2, -0.15) is 9.97 Å². The topological polar surface area (TPSA) is 64.9 Å². The van der Waals surface area contributed by atoms with Gasteiger partial charge in [-0.3, -0.25) is 4.57 Å². The third-order valence-electron chi connectivity index (χ3n) is 3.43. The molecule has 22 heavy (non-hydrogen) atoms. The van der Waals surface area contributed by atoms with E-state index in [2.05, 4.69) is 20.3 Å². The molecule has 3 aromatic rings. The van der Waals surface area contributed by atoms with Gasteiger partial charge in [-0.25, -0.2) is 4.98 Å². The first-order valence-corrected chi connectivity index (χ1v) is 7.27. The van der Waals surface area contributed by atoms with E-state index in [9.17, 15) is 0 Å². The Hall–Kier alpha value is -2.18. The van der Waals surface area contributed by atoms with E-state index in [0.717, 1.165) is 5.56 Å². The number of aromatic nitrogens is 4. The summed E-state index contributed by atoms with van der Waals surface area (Å²) in [5.41, 5.74) is 2.46. The molecule has 0 amide bonds. The normalized spacial score (nSPS) is 12.5. The molecule has 0 saturated heterocycles. The number of nitrogens with zero attached hydrogens (tertiary/aromatic N) is 4. The number of hydrogen-bond donors (Lipinski definition) is 1. The lowest BCUT2D eigenvalue weighted by atomic mass is 10.2. The molecular formula is C15H16ClN5O. The molecule has 0 spiro atoms. The predicted molar refractivity (Wildman–Crippen MR) is 85.8 cm³/mol. The Kier molecular flexibility index (Phi) is 4.22. The van der Waals surface area contributed by atoms with Crippen LogP contribution in [0.15, 0.2) is 36.7 Å². The van der Waals surface area contributed by atoms with Gasteiger partial charge in [-0.15, -0.1) is 0 Å². The lowest BCUT2D eigenvalue weighted by molar-refractivity contribution is 0.0633. The first-order chi connectivity index (χ1) is 10.7. The van der Waals surface area contributed by atoms with Gasteiger partial charge < -0.3 is 10.1 Å². The Morgan fingerprint density at radius 2 is 2.05 bits per heavy atom. The van der Waals surface area contributed by atoms with E-state index in [4.69, 9.17) is 16.3 Å². The first-order valence-electron chi connectivity index (χ1n) is 6.89. The molecule has 3 rings (SSSR count). The molecule has 0 aliphatic carbocycles. The van der Waals surface area contributed by atoms with Crippen molar-refractivity contribution in [1.29, 1.82) is 0 Å². The van der Waals surface area contributed by atoms with Crippen molar-refractivity contribution in [3.05, 3.63) is 47.5 Å². The Morgan fingerprint density at radius 1 is 1.27 bits per heavy atom. The van der Waals surface area contributed by atoms with Gasteiger partial charge in [0.05, 0.1) is 6.33 Å². The summed E-state index contributed by atoms with van der Waals surface area (Å²) in [6.45, 7) is 2.55. The molecule has 2 aromatic heterocycles. The molecule has 0 radical (unpaired) electrons. The van der Waals surface area contributed by atoms with Gasteiger partial charge in [0.1, 0.15) is 6.23 Å². The van der Waals surface area contributed by atoms with Crippen LogP contribution in [0.4, 0.5) is 5.82 Å². The second-order valence-electron chi connectivity index (χ2n) is 4.84. The van der Waals surface area contributed by atoms with Crippen molar-refractivity contribution in [2.75, 3.05) is 12.4 Å². The number of benzene rings is 1. The van der Waals surface area contributed by atoms with Crippen molar-refractivity contribution in [2.45, 2.75) is 19.7 Å². The number of halogens is 1. The van der Waals surface area contributed by atoms with Crippen LogP contribution in [-0.2, 0) is 11.3 Å². The Bertz CT molecular complexity index is 774. The number of rotatable bonds is 5. The standard InChI is InChI=1S/C15H16ClN5O/c1-10(22-2)21-9-18-12-13(19-15(16)20-14(12)21)17-8-11-6-4-3-5-7-11/h3-7,9-10H,8H2,1-2H3,(H,17,19,20)/t10-/m1/s1. The summed E-state index contributed by atoms with van der Waals surface area (Å²) in [7, 11) is 1.63. The van der Waals surface area contributed by atoms with Gasteiger partial charge in [0.2, 0.25) is 5.28 Å². The third kappa shape index (κ3) is 2.88. The van der Waals surface area contributed by atoms with E-state index in [0.29, 0.717) is 23.5 Å². The predicted octanol–water partition coefficient (Wildman–Crippen LogP) is 3.26. The largest absolute Gasteiger partial charge is 0.364 e. The van der Waals surface area contributed by atoms with Crippen molar-refractivity contribution < 1.29 is 4.74 Å².